The minimum absolute atomic E-state index is 0.0363. The number of ketones is 1. The summed E-state index contributed by atoms with van der Waals surface area (Å²) in [5, 5.41) is 9.95. The molecule has 7 heteroatoms. The van der Waals surface area contributed by atoms with Crippen molar-refractivity contribution in [2.45, 2.75) is 45.1 Å². The first-order chi connectivity index (χ1) is 12.1. The molecule has 4 rings (SSSR count). The van der Waals surface area contributed by atoms with Gasteiger partial charge in [-0.15, -0.1) is 21.5 Å². The molecule has 25 heavy (non-hydrogen) atoms. The fourth-order valence-corrected chi connectivity index (χ4v) is 4.54. The Morgan fingerprint density at radius 1 is 1.32 bits per heavy atom. The molecular formula is C18H20N2O4S. The van der Waals surface area contributed by atoms with Gasteiger partial charge in [-0.25, -0.2) is 0 Å². The maximum atomic E-state index is 12.5. The van der Waals surface area contributed by atoms with Gasteiger partial charge < -0.3 is 9.15 Å². The summed E-state index contributed by atoms with van der Waals surface area (Å²) in [6.07, 6.45) is 3.54. The maximum Gasteiger partial charge on any atom is 0.309 e. The molecule has 2 bridgehead atoms. The summed E-state index contributed by atoms with van der Waals surface area (Å²) in [5.41, 5.74) is 0. The molecule has 2 fully saturated rings. The predicted molar refractivity (Wildman–Crippen MR) is 90.7 cm³/mol. The highest BCUT2D eigenvalue weighted by Gasteiger charge is 2.42. The van der Waals surface area contributed by atoms with E-state index < -0.39 is 6.10 Å². The van der Waals surface area contributed by atoms with Gasteiger partial charge in [0.15, 0.2) is 6.10 Å². The van der Waals surface area contributed by atoms with Crippen LogP contribution in [0.15, 0.2) is 21.9 Å². The van der Waals surface area contributed by atoms with Crippen molar-refractivity contribution in [1.29, 1.82) is 0 Å². The molecule has 2 aliphatic carbocycles. The Kier molecular flexibility index (Phi) is 4.41. The Morgan fingerprint density at radius 2 is 2.08 bits per heavy atom. The van der Waals surface area contributed by atoms with E-state index in [1.165, 1.54) is 11.3 Å². The van der Waals surface area contributed by atoms with Crippen LogP contribution in [0, 0.1) is 17.8 Å². The van der Waals surface area contributed by atoms with Crippen LogP contribution < -0.4 is 0 Å². The number of hydrogen-bond acceptors (Lipinski definition) is 7. The lowest BCUT2D eigenvalue weighted by atomic mass is 9.67. The molecule has 6 nitrogen and oxygen atoms in total. The maximum absolute atomic E-state index is 12.5. The highest BCUT2D eigenvalue weighted by Crippen LogP contribution is 2.41. The van der Waals surface area contributed by atoms with Gasteiger partial charge in [0.25, 0.3) is 11.8 Å². The van der Waals surface area contributed by atoms with Crippen molar-refractivity contribution in [1.82, 2.24) is 10.2 Å². The number of rotatable bonds is 4. The lowest BCUT2D eigenvalue weighted by Crippen LogP contribution is -2.39. The summed E-state index contributed by atoms with van der Waals surface area (Å²) in [6.45, 7) is 1.73. The Labute approximate surface area is 149 Å². The van der Waals surface area contributed by atoms with Gasteiger partial charge in [0, 0.05) is 11.8 Å². The van der Waals surface area contributed by atoms with E-state index in [0.717, 1.165) is 24.1 Å². The van der Waals surface area contributed by atoms with Crippen molar-refractivity contribution in [3.8, 4) is 10.8 Å². The largest absolute Gasteiger partial charge is 0.452 e. The second-order valence-electron chi connectivity index (χ2n) is 6.90. The number of Topliss-reactive ketones (excluding diaryl/α,β-unsaturated/α-hetero) is 1. The number of fused-ring (bicyclic) bond motifs is 2. The first-order valence-corrected chi connectivity index (χ1v) is 9.61. The molecule has 0 radical (unpaired) electrons. The average Bonchev–Trinajstić information content (AvgIpc) is 3.26. The molecule has 0 aromatic carbocycles. The SMILES string of the molecule is C[C@@H](OC(=O)C1C[C@H]2CCC[C@@H](C1)C2=O)c1nnc(-c2cccs2)o1. The summed E-state index contributed by atoms with van der Waals surface area (Å²) in [6, 6.07) is 3.81. The molecule has 2 heterocycles. The smallest absolute Gasteiger partial charge is 0.309 e. The van der Waals surface area contributed by atoms with Crippen LogP contribution in [-0.4, -0.2) is 21.9 Å². The third-order valence-corrected chi connectivity index (χ3v) is 6.05. The van der Waals surface area contributed by atoms with E-state index in [1.54, 1.807) is 6.92 Å². The molecule has 0 N–H and O–H groups in total. The minimum atomic E-state index is -0.591. The summed E-state index contributed by atoms with van der Waals surface area (Å²) < 4.78 is 11.2. The molecule has 0 spiro atoms. The third-order valence-electron chi connectivity index (χ3n) is 5.19. The van der Waals surface area contributed by atoms with Crippen molar-refractivity contribution in [3.05, 3.63) is 23.4 Å². The Hall–Kier alpha value is -2.02. The summed E-state index contributed by atoms with van der Waals surface area (Å²) in [4.78, 5) is 25.6. The summed E-state index contributed by atoms with van der Waals surface area (Å²) >= 11 is 1.51. The van der Waals surface area contributed by atoms with E-state index in [0.29, 0.717) is 30.4 Å². The Bertz CT molecular complexity index is 754. The number of esters is 1. The van der Waals surface area contributed by atoms with Gasteiger partial charge in [-0.05, 0) is 44.1 Å². The van der Waals surface area contributed by atoms with Gasteiger partial charge in [-0.3, -0.25) is 9.59 Å². The van der Waals surface area contributed by atoms with Crippen molar-refractivity contribution < 1.29 is 18.7 Å². The summed E-state index contributed by atoms with van der Waals surface area (Å²) in [5.74, 6) is 0.696. The van der Waals surface area contributed by atoms with Crippen molar-refractivity contribution in [3.63, 3.8) is 0 Å². The molecule has 2 aromatic heterocycles. The van der Waals surface area contributed by atoms with Crippen LogP contribution in [0.2, 0.25) is 0 Å². The van der Waals surface area contributed by atoms with Crippen LogP contribution in [0.25, 0.3) is 10.8 Å². The van der Waals surface area contributed by atoms with Crippen LogP contribution in [0.4, 0.5) is 0 Å². The number of nitrogens with zero attached hydrogens (tertiary/aromatic N) is 2. The fourth-order valence-electron chi connectivity index (χ4n) is 3.89. The molecule has 0 aliphatic heterocycles. The quantitative estimate of drug-likeness (QED) is 0.771. The number of aromatic nitrogens is 2. The van der Waals surface area contributed by atoms with Gasteiger partial charge >= 0.3 is 5.97 Å². The lowest BCUT2D eigenvalue weighted by molar-refractivity contribution is -0.159. The van der Waals surface area contributed by atoms with Crippen LogP contribution in [-0.2, 0) is 14.3 Å². The van der Waals surface area contributed by atoms with Crippen LogP contribution in [0.1, 0.15) is 51.0 Å². The third kappa shape index (κ3) is 3.25. The molecule has 0 amide bonds. The van der Waals surface area contributed by atoms with Crippen LogP contribution >= 0.6 is 11.3 Å². The number of hydrogen-bond donors (Lipinski definition) is 0. The zero-order valence-electron chi connectivity index (χ0n) is 14.0. The average molecular weight is 360 g/mol. The van der Waals surface area contributed by atoms with Crippen molar-refractivity contribution in [2.75, 3.05) is 0 Å². The molecule has 4 atom stereocenters. The van der Waals surface area contributed by atoms with Gasteiger partial charge in [0.05, 0.1) is 10.8 Å². The molecule has 2 saturated carbocycles. The first kappa shape index (κ1) is 16.4. The summed E-state index contributed by atoms with van der Waals surface area (Å²) in [7, 11) is 0. The number of ether oxygens (including phenoxy) is 1. The van der Waals surface area contributed by atoms with Gasteiger partial charge in [0.1, 0.15) is 5.78 Å². The van der Waals surface area contributed by atoms with E-state index in [2.05, 4.69) is 10.2 Å². The molecule has 132 valence electrons. The molecule has 0 saturated heterocycles. The number of carbonyl (C=O) groups is 2. The second kappa shape index (κ2) is 6.71. The number of thiophene rings is 1. The van der Waals surface area contributed by atoms with E-state index in [9.17, 15) is 9.59 Å². The first-order valence-electron chi connectivity index (χ1n) is 8.73. The van der Waals surface area contributed by atoms with Crippen LogP contribution in [0.3, 0.4) is 0 Å². The topological polar surface area (TPSA) is 82.3 Å². The highest BCUT2D eigenvalue weighted by molar-refractivity contribution is 7.13. The molecule has 1 unspecified atom stereocenters. The zero-order valence-corrected chi connectivity index (χ0v) is 14.8. The predicted octanol–water partition coefficient (Wildman–Crippen LogP) is 3.80. The Balaban J connectivity index is 1.40. The standard InChI is InChI=1S/C18H20N2O4S/c1-10(16-19-20-17(24-16)14-6-3-7-25-14)23-18(22)13-8-11-4-2-5-12(9-13)15(11)21/h3,6-7,10-13H,2,4-5,8-9H2,1H3/t10-,11-,12+,13?/m1/s1. The molecule has 2 aliphatic rings. The van der Waals surface area contributed by atoms with E-state index in [1.807, 2.05) is 17.5 Å². The molecular weight excluding hydrogens is 340 g/mol. The fraction of sp³-hybridized carbons (Fsp3) is 0.556. The highest BCUT2D eigenvalue weighted by atomic mass is 32.1. The minimum Gasteiger partial charge on any atom is -0.452 e. The van der Waals surface area contributed by atoms with E-state index >= 15 is 0 Å². The van der Waals surface area contributed by atoms with Gasteiger partial charge in [-0.1, -0.05) is 12.5 Å². The number of carbonyl (C=O) groups excluding carboxylic acids is 2. The van der Waals surface area contributed by atoms with E-state index in [4.69, 9.17) is 9.15 Å². The normalized spacial score (nSPS) is 27.1. The Morgan fingerprint density at radius 3 is 2.76 bits per heavy atom. The van der Waals surface area contributed by atoms with E-state index in [-0.39, 0.29) is 23.7 Å². The lowest BCUT2D eigenvalue weighted by Gasteiger charge is -2.36. The second-order valence-corrected chi connectivity index (χ2v) is 7.85. The zero-order chi connectivity index (χ0) is 17.4. The van der Waals surface area contributed by atoms with Crippen LogP contribution in [0.5, 0.6) is 0 Å². The monoisotopic (exact) mass is 360 g/mol. The van der Waals surface area contributed by atoms with Gasteiger partial charge in [0.2, 0.25) is 0 Å². The van der Waals surface area contributed by atoms with Gasteiger partial charge in [-0.2, -0.15) is 0 Å². The molecule has 2 aromatic rings. The van der Waals surface area contributed by atoms with Crippen molar-refractivity contribution in [2.24, 2.45) is 17.8 Å². The van der Waals surface area contributed by atoms with Crippen molar-refractivity contribution >= 4 is 23.1 Å².